The van der Waals surface area contributed by atoms with Crippen LogP contribution >= 0.6 is 0 Å². The third-order valence-electron chi connectivity index (χ3n) is 4.46. The van der Waals surface area contributed by atoms with Crippen LogP contribution in [0.5, 0.6) is 0 Å². The molecule has 0 bridgehead atoms. The third-order valence-corrected chi connectivity index (χ3v) is 4.46. The molecule has 1 aliphatic rings. The Balaban J connectivity index is 0.00000249. The van der Waals surface area contributed by atoms with Crippen molar-refractivity contribution in [2.24, 2.45) is 11.1 Å². The number of amides is 1. The highest BCUT2D eigenvalue weighted by molar-refractivity contribution is 5.77. The summed E-state index contributed by atoms with van der Waals surface area (Å²) >= 11 is 0. The van der Waals surface area contributed by atoms with E-state index in [0.29, 0.717) is 19.5 Å². The predicted octanol–water partition coefficient (Wildman–Crippen LogP) is 0.351. The number of nitrogens with zero attached hydrogens (tertiary/aromatic N) is 2. The molecular weight excluding hydrogens is 420 g/mol. The number of esters is 1. The highest BCUT2D eigenvalue weighted by atomic mass is 16.6. The quantitative estimate of drug-likeness (QED) is 0.533. The van der Waals surface area contributed by atoms with Gasteiger partial charge in [-0.1, -0.05) is 13.8 Å². The van der Waals surface area contributed by atoms with Gasteiger partial charge in [0.2, 0.25) is 5.91 Å². The van der Waals surface area contributed by atoms with E-state index in [1.165, 1.54) is 16.8 Å². The Hall–Kier alpha value is -2.50. The van der Waals surface area contributed by atoms with Crippen LogP contribution in [-0.4, -0.2) is 52.9 Å². The summed E-state index contributed by atoms with van der Waals surface area (Å²) in [6, 6.07) is 1.18. The molecule has 1 aromatic rings. The highest BCUT2D eigenvalue weighted by Crippen LogP contribution is 2.29. The molecule has 182 valence electrons. The van der Waals surface area contributed by atoms with Crippen molar-refractivity contribution in [2.45, 2.75) is 73.1 Å². The van der Waals surface area contributed by atoms with E-state index >= 15 is 0 Å². The van der Waals surface area contributed by atoms with E-state index in [1.807, 2.05) is 20.8 Å². The zero-order valence-corrected chi connectivity index (χ0v) is 19.8. The van der Waals surface area contributed by atoms with Gasteiger partial charge in [-0.05, 0) is 27.7 Å². The minimum absolute atomic E-state index is 0.213. The Bertz CT molecular complexity index is 872. The zero-order valence-electron chi connectivity index (χ0n) is 19.8. The second-order valence-electron chi connectivity index (χ2n) is 8.14. The van der Waals surface area contributed by atoms with Crippen LogP contribution in [0.3, 0.4) is 0 Å². The van der Waals surface area contributed by atoms with E-state index in [1.54, 1.807) is 20.8 Å². The number of hydrogen-bond donors (Lipinski definition) is 2. The summed E-state index contributed by atoms with van der Waals surface area (Å²) in [6.45, 7) is 10.7. The van der Waals surface area contributed by atoms with E-state index in [2.05, 4.69) is 5.32 Å². The average molecular weight is 457 g/mol. The van der Waals surface area contributed by atoms with E-state index in [9.17, 15) is 19.2 Å². The Labute approximate surface area is 187 Å². The van der Waals surface area contributed by atoms with Crippen LogP contribution in [0.15, 0.2) is 21.9 Å². The van der Waals surface area contributed by atoms with Crippen LogP contribution < -0.4 is 22.3 Å². The molecule has 3 N–H and O–H groups in total. The van der Waals surface area contributed by atoms with Crippen LogP contribution in [-0.2, 0) is 30.5 Å². The fourth-order valence-corrected chi connectivity index (χ4v) is 2.85. The monoisotopic (exact) mass is 456 g/mol. The molecule has 1 aromatic heterocycles. The topological polar surface area (TPSA) is 144 Å². The number of nitrogens with two attached hydrogens (primary N) is 1. The largest absolute Gasteiger partial charge is 0.443 e. The van der Waals surface area contributed by atoms with Crippen molar-refractivity contribution in [3.63, 3.8) is 0 Å². The summed E-state index contributed by atoms with van der Waals surface area (Å²) in [4.78, 5) is 48.8. The van der Waals surface area contributed by atoms with Crippen molar-refractivity contribution in [1.82, 2.24) is 14.5 Å². The number of carbonyl (C=O) groups is 2. The maximum atomic E-state index is 12.9. The van der Waals surface area contributed by atoms with Gasteiger partial charge >= 0.3 is 11.7 Å². The van der Waals surface area contributed by atoms with Gasteiger partial charge in [-0.25, -0.2) is 9.36 Å². The fraction of sp³-hybridized carbons (Fsp3) is 0.714. The molecular formula is C21H36N4O7. The molecule has 2 unspecified atom stereocenters. The predicted molar refractivity (Wildman–Crippen MR) is 118 cm³/mol. The number of ether oxygens (including phenoxy) is 3. The molecule has 3 atom stereocenters. The zero-order chi connectivity index (χ0) is 24.5. The van der Waals surface area contributed by atoms with Crippen LogP contribution in [0.4, 0.5) is 0 Å². The van der Waals surface area contributed by atoms with Crippen molar-refractivity contribution < 1.29 is 23.8 Å². The Kier molecular flexibility index (Phi) is 10.8. The van der Waals surface area contributed by atoms with Gasteiger partial charge in [0.25, 0.3) is 5.56 Å². The Morgan fingerprint density at radius 2 is 1.94 bits per heavy atom. The van der Waals surface area contributed by atoms with Crippen LogP contribution in [0.2, 0.25) is 0 Å². The maximum Gasteiger partial charge on any atom is 0.335 e. The Morgan fingerprint density at radius 3 is 2.53 bits per heavy atom. The first-order valence-electron chi connectivity index (χ1n) is 10.8. The van der Waals surface area contributed by atoms with Crippen molar-refractivity contribution in [2.75, 3.05) is 19.7 Å². The lowest BCUT2D eigenvalue weighted by molar-refractivity contribution is -0.157. The van der Waals surface area contributed by atoms with Crippen LogP contribution in [0.25, 0.3) is 0 Å². The van der Waals surface area contributed by atoms with Gasteiger partial charge in [0.1, 0.15) is 12.7 Å². The summed E-state index contributed by atoms with van der Waals surface area (Å²) in [5.74, 6) is -0.871. The summed E-state index contributed by atoms with van der Waals surface area (Å²) in [6.07, 6.45) is 0.127. The second-order valence-corrected chi connectivity index (χ2v) is 8.14. The molecule has 2 heterocycles. The summed E-state index contributed by atoms with van der Waals surface area (Å²) in [5.41, 5.74) is 3.26. The molecule has 1 aliphatic heterocycles. The summed E-state index contributed by atoms with van der Waals surface area (Å²) < 4.78 is 18.6. The van der Waals surface area contributed by atoms with E-state index in [-0.39, 0.29) is 18.6 Å². The summed E-state index contributed by atoms with van der Waals surface area (Å²) in [7, 11) is 0. The van der Waals surface area contributed by atoms with Crippen LogP contribution in [0, 0.1) is 5.41 Å². The lowest BCUT2D eigenvalue weighted by Crippen LogP contribution is -2.44. The first-order valence-corrected chi connectivity index (χ1v) is 10.8. The number of aromatic nitrogens is 2. The number of rotatable bonds is 8. The second kappa shape index (κ2) is 12.5. The Morgan fingerprint density at radius 1 is 1.28 bits per heavy atom. The molecule has 1 saturated heterocycles. The molecule has 2 rings (SSSR count). The minimum Gasteiger partial charge on any atom is -0.443 e. The van der Waals surface area contributed by atoms with Gasteiger partial charge in [-0.15, -0.1) is 0 Å². The molecule has 0 saturated carbocycles. The number of nitrogens with one attached hydrogen (secondary N) is 1. The molecule has 1 fully saturated rings. The normalized spacial score (nSPS) is 20.3. The summed E-state index contributed by atoms with van der Waals surface area (Å²) in [5, 5.41) is 2.60. The van der Waals surface area contributed by atoms with Crippen LogP contribution in [0.1, 0.15) is 54.2 Å². The van der Waals surface area contributed by atoms with E-state index in [0.717, 1.165) is 4.57 Å². The van der Waals surface area contributed by atoms with Gasteiger partial charge in [-0.3, -0.25) is 19.0 Å². The van der Waals surface area contributed by atoms with Crippen molar-refractivity contribution >= 4 is 11.9 Å². The molecule has 32 heavy (non-hydrogen) atoms. The van der Waals surface area contributed by atoms with E-state index in [4.69, 9.17) is 19.9 Å². The lowest BCUT2D eigenvalue weighted by atomic mass is 9.98. The maximum absolute atomic E-state index is 12.9. The van der Waals surface area contributed by atoms with Crippen molar-refractivity contribution in [1.29, 1.82) is 0 Å². The standard InChI is InChI=1S/C19H30N4O7.C2H6/c1-12-9-13(28-10-14(24)21-7-6-20)16(30-12)22-8-5-15(25)23(18(22)27)11-29-17(26)19(2,3)4;1-2/h5,8,12-13,16H,6-7,9-11,20H2,1-4H3,(H,21,24);1-2H3/t12-,13?,16?;/m1./s1. The lowest BCUT2D eigenvalue weighted by Gasteiger charge is -2.22. The molecule has 0 aromatic carbocycles. The molecule has 1 amide bonds. The van der Waals surface area contributed by atoms with E-state index < -0.39 is 41.7 Å². The highest BCUT2D eigenvalue weighted by Gasteiger charge is 2.36. The van der Waals surface area contributed by atoms with Gasteiger partial charge in [0.15, 0.2) is 13.0 Å². The molecule has 0 aliphatic carbocycles. The first kappa shape index (κ1) is 27.5. The molecule has 11 heteroatoms. The third kappa shape index (κ3) is 7.57. The fourth-order valence-electron chi connectivity index (χ4n) is 2.85. The van der Waals surface area contributed by atoms with Gasteiger partial charge in [-0.2, -0.15) is 0 Å². The van der Waals surface area contributed by atoms with Crippen molar-refractivity contribution in [3.8, 4) is 0 Å². The average Bonchev–Trinajstić information content (AvgIpc) is 3.11. The van der Waals surface area contributed by atoms with Gasteiger partial charge in [0.05, 0.1) is 11.5 Å². The molecule has 11 nitrogen and oxygen atoms in total. The first-order chi connectivity index (χ1) is 15.0. The minimum atomic E-state index is -0.833. The molecule has 0 radical (unpaired) electrons. The molecule has 0 spiro atoms. The van der Waals surface area contributed by atoms with Gasteiger partial charge in [0, 0.05) is 31.8 Å². The van der Waals surface area contributed by atoms with Gasteiger partial charge < -0.3 is 25.3 Å². The number of hydrogen-bond acceptors (Lipinski definition) is 8. The number of carbonyl (C=O) groups excluding carboxylic acids is 2. The smallest absolute Gasteiger partial charge is 0.335 e. The van der Waals surface area contributed by atoms with Crippen molar-refractivity contribution in [3.05, 3.63) is 33.1 Å². The SMILES string of the molecule is CC.C[C@@H]1CC(OCC(=O)NCCN)C(n2ccc(=O)n(COC(=O)C(C)(C)C)c2=O)O1.